The van der Waals surface area contributed by atoms with Gasteiger partial charge in [0.15, 0.2) is 5.13 Å². The van der Waals surface area contributed by atoms with Gasteiger partial charge in [-0.25, -0.2) is 4.98 Å². The van der Waals surface area contributed by atoms with Crippen LogP contribution in [0.15, 0.2) is 0 Å². The van der Waals surface area contributed by atoms with E-state index in [0.29, 0.717) is 6.61 Å². The lowest BCUT2D eigenvalue weighted by atomic mass is 10.4. The molecule has 0 unspecified atom stereocenters. The molecule has 4 nitrogen and oxygen atoms in total. The Morgan fingerprint density at radius 2 is 2.29 bits per heavy atom. The van der Waals surface area contributed by atoms with E-state index in [2.05, 4.69) is 16.1 Å². The number of rotatable bonds is 8. The first-order valence-electron chi connectivity index (χ1n) is 5.51. The highest BCUT2D eigenvalue weighted by Crippen LogP contribution is 2.26. The molecule has 98 valence electrons. The van der Waals surface area contributed by atoms with Crippen molar-refractivity contribution >= 4 is 28.2 Å². The van der Waals surface area contributed by atoms with Crippen molar-refractivity contribution in [2.45, 2.75) is 19.6 Å². The average molecular weight is 276 g/mol. The minimum Gasteiger partial charge on any atom is -0.391 e. The number of aromatic nitrogens is 1. The van der Waals surface area contributed by atoms with E-state index < -0.39 is 0 Å². The van der Waals surface area contributed by atoms with Crippen LogP contribution in [-0.4, -0.2) is 42.8 Å². The van der Waals surface area contributed by atoms with E-state index >= 15 is 0 Å². The van der Waals surface area contributed by atoms with Crippen molar-refractivity contribution in [1.82, 2.24) is 4.98 Å². The average Bonchev–Trinajstić information content (AvgIpc) is 2.73. The van der Waals surface area contributed by atoms with Crippen molar-refractivity contribution in [2.24, 2.45) is 0 Å². The molecule has 0 bridgehead atoms. The van der Waals surface area contributed by atoms with E-state index in [-0.39, 0.29) is 6.61 Å². The third-order valence-corrected chi connectivity index (χ3v) is 4.25. The van der Waals surface area contributed by atoms with Gasteiger partial charge in [0.05, 0.1) is 23.8 Å². The van der Waals surface area contributed by atoms with Gasteiger partial charge in [-0.3, -0.25) is 0 Å². The summed E-state index contributed by atoms with van der Waals surface area (Å²) in [5.74, 6) is 1.16. The Morgan fingerprint density at radius 1 is 1.53 bits per heavy atom. The second kappa shape index (κ2) is 7.92. The standard InChI is InChI=1S/C11H20N2O2S2/c1-13(5-4-6-16-3)11-12-9(8-15-2)10(7-14)17-11/h14H,4-8H2,1-3H3. The highest BCUT2D eigenvalue weighted by atomic mass is 32.2. The maximum atomic E-state index is 9.25. The highest BCUT2D eigenvalue weighted by Gasteiger charge is 2.12. The van der Waals surface area contributed by atoms with Crippen LogP contribution in [0.2, 0.25) is 0 Å². The number of thiazole rings is 1. The van der Waals surface area contributed by atoms with Crippen LogP contribution in [0.3, 0.4) is 0 Å². The van der Waals surface area contributed by atoms with Gasteiger partial charge in [0.1, 0.15) is 0 Å². The number of aliphatic hydroxyl groups excluding tert-OH is 1. The molecule has 0 aliphatic heterocycles. The summed E-state index contributed by atoms with van der Waals surface area (Å²) >= 11 is 3.40. The van der Waals surface area contributed by atoms with E-state index in [1.165, 1.54) is 0 Å². The molecule has 0 aliphatic carbocycles. The first-order chi connectivity index (χ1) is 8.22. The number of methoxy groups -OCH3 is 1. The fraction of sp³-hybridized carbons (Fsp3) is 0.727. The number of aliphatic hydroxyl groups is 1. The first kappa shape index (κ1) is 14.8. The summed E-state index contributed by atoms with van der Waals surface area (Å²) in [5.41, 5.74) is 0.853. The normalized spacial score (nSPS) is 10.8. The number of hydrogen-bond donors (Lipinski definition) is 1. The van der Waals surface area contributed by atoms with Gasteiger partial charge < -0.3 is 14.7 Å². The molecule has 1 aromatic rings. The molecule has 6 heteroatoms. The lowest BCUT2D eigenvalue weighted by molar-refractivity contribution is 0.179. The van der Waals surface area contributed by atoms with Crippen LogP contribution in [0.25, 0.3) is 0 Å². The lowest BCUT2D eigenvalue weighted by Crippen LogP contribution is -2.18. The van der Waals surface area contributed by atoms with Crippen molar-refractivity contribution in [1.29, 1.82) is 0 Å². The van der Waals surface area contributed by atoms with Gasteiger partial charge in [-0.15, -0.1) is 0 Å². The SMILES string of the molecule is COCc1nc(N(C)CCCSC)sc1CO. The predicted molar refractivity (Wildman–Crippen MR) is 75.0 cm³/mol. The Hall–Kier alpha value is -0.300. The molecule has 0 radical (unpaired) electrons. The number of nitrogens with zero attached hydrogens (tertiary/aromatic N) is 2. The molecule has 0 aromatic carbocycles. The summed E-state index contributed by atoms with van der Waals surface area (Å²) < 4.78 is 5.07. The minimum atomic E-state index is 0.0367. The fourth-order valence-corrected chi connectivity index (χ4v) is 2.78. The molecular formula is C11H20N2O2S2. The summed E-state index contributed by atoms with van der Waals surface area (Å²) in [7, 11) is 3.68. The van der Waals surface area contributed by atoms with Crippen LogP contribution in [0.5, 0.6) is 0 Å². The zero-order valence-electron chi connectivity index (χ0n) is 10.6. The Morgan fingerprint density at radius 3 is 2.88 bits per heavy atom. The summed E-state index contributed by atoms with van der Waals surface area (Å²) in [6, 6.07) is 0. The lowest BCUT2D eigenvalue weighted by Gasteiger charge is -2.14. The number of ether oxygens (including phenoxy) is 1. The molecule has 0 spiro atoms. The molecule has 17 heavy (non-hydrogen) atoms. The van der Waals surface area contributed by atoms with E-state index in [1.807, 2.05) is 18.8 Å². The Balaban J connectivity index is 2.63. The third kappa shape index (κ3) is 4.46. The molecule has 0 saturated heterocycles. The van der Waals surface area contributed by atoms with Gasteiger partial charge in [-0.2, -0.15) is 11.8 Å². The van der Waals surface area contributed by atoms with Crippen LogP contribution in [0, 0.1) is 0 Å². The van der Waals surface area contributed by atoms with E-state index in [0.717, 1.165) is 34.4 Å². The van der Waals surface area contributed by atoms with Crippen molar-refractivity contribution in [3.05, 3.63) is 10.6 Å². The Kier molecular flexibility index (Phi) is 6.87. The number of hydrogen-bond acceptors (Lipinski definition) is 6. The van der Waals surface area contributed by atoms with Gasteiger partial charge in [-0.05, 0) is 18.4 Å². The largest absolute Gasteiger partial charge is 0.391 e. The molecule has 1 heterocycles. The van der Waals surface area contributed by atoms with Gasteiger partial charge in [-0.1, -0.05) is 11.3 Å². The molecule has 1 N–H and O–H groups in total. The predicted octanol–water partition coefficient (Wildman–Crippen LogP) is 1.97. The smallest absolute Gasteiger partial charge is 0.185 e. The van der Waals surface area contributed by atoms with Gasteiger partial charge in [0.2, 0.25) is 0 Å². The molecule has 0 atom stereocenters. The summed E-state index contributed by atoms with van der Waals surface area (Å²) in [6.07, 6.45) is 3.26. The zero-order chi connectivity index (χ0) is 12.7. The Bertz CT molecular complexity index is 331. The van der Waals surface area contributed by atoms with E-state index in [9.17, 15) is 5.11 Å². The van der Waals surface area contributed by atoms with Crippen molar-refractivity contribution in [3.8, 4) is 0 Å². The van der Waals surface area contributed by atoms with Crippen LogP contribution < -0.4 is 4.90 Å². The van der Waals surface area contributed by atoms with Crippen molar-refractivity contribution in [2.75, 3.05) is 37.6 Å². The third-order valence-electron chi connectivity index (χ3n) is 2.36. The topological polar surface area (TPSA) is 45.6 Å². The molecular weight excluding hydrogens is 256 g/mol. The van der Waals surface area contributed by atoms with Gasteiger partial charge in [0.25, 0.3) is 0 Å². The van der Waals surface area contributed by atoms with Crippen LogP contribution >= 0.6 is 23.1 Å². The van der Waals surface area contributed by atoms with Gasteiger partial charge >= 0.3 is 0 Å². The summed E-state index contributed by atoms with van der Waals surface area (Å²) in [4.78, 5) is 7.54. The zero-order valence-corrected chi connectivity index (χ0v) is 12.2. The first-order valence-corrected chi connectivity index (χ1v) is 7.72. The number of thioether (sulfide) groups is 1. The highest BCUT2D eigenvalue weighted by molar-refractivity contribution is 7.98. The second-order valence-electron chi connectivity index (χ2n) is 3.73. The summed E-state index contributed by atoms with van der Waals surface area (Å²) in [5, 5.41) is 10.2. The minimum absolute atomic E-state index is 0.0367. The fourth-order valence-electron chi connectivity index (χ4n) is 1.45. The van der Waals surface area contributed by atoms with Gasteiger partial charge in [0, 0.05) is 20.7 Å². The van der Waals surface area contributed by atoms with E-state index in [1.54, 1.807) is 18.4 Å². The maximum absolute atomic E-state index is 9.25. The van der Waals surface area contributed by atoms with Crippen LogP contribution in [-0.2, 0) is 18.0 Å². The van der Waals surface area contributed by atoms with Crippen molar-refractivity contribution < 1.29 is 9.84 Å². The molecule has 1 rings (SSSR count). The van der Waals surface area contributed by atoms with Crippen LogP contribution in [0.1, 0.15) is 17.0 Å². The van der Waals surface area contributed by atoms with E-state index in [4.69, 9.17) is 4.74 Å². The maximum Gasteiger partial charge on any atom is 0.185 e. The molecule has 1 aromatic heterocycles. The Labute approximate surface area is 111 Å². The van der Waals surface area contributed by atoms with Crippen molar-refractivity contribution in [3.63, 3.8) is 0 Å². The number of anilines is 1. The quantitative estimate of drug-likeness (QED) is 0.736. The summed E-state index contributed by atoms with van der Waals surface area (Å²) in [6.45, 7) is 1.49. The molecule has 0 fully saturated rings. The second-order valence-corrected chi connectivity index (χ2v) is 5.77. The monoisotopic (exact) mass is 276 g/mol. The van der Waals surface area contributed by atoms with Crippen LogP contribution in [0.4, 0.5) is 5.13 Å². The molecule has 0 saturated carbocycles. The molecule has 0 amide bonds. The molecule has 0 aliphatic rings.